The molecule has 1 aliphatic rings. The van der Waals surface area contributed by atoms with Crippen LogP contribution in [0.2, 0.25) is 10.0 Å². The van der Waals surface area contributed by atoms with Crippen LogP contribution < -0.4 is 9.80 Å². The lowest BCUT2D eigenvalue weighted by molar-refractivity contribution is 0.0578. The molecule has 1 amide bonds. The number of hydrogen-bond acceptors (Lipinski definition) is 6. The zero-order chi connectivity index (χ0) is 23.1. The van der Waals surface area contributed by atoms with E-state index in [0.29, 0.717) is 11.3 Å². The maximum atomic E-state index is 14.1. The monoisotopic (exact) mass is 470 g/mol. The first-order valence-electron chi connectivity index (χ1n) is 9.42. The highest BCUT2D eigenvalue weighted by molar-refractivity contribution is 6.36. The third kappa shape index (κ3) is 4.67. The number of carboxylic acid groups (broad SMARTS) is 1. The van der Waals surface area contributed by atoms with Crippen molar-refractivity contribution >= 4 is 46.8 Å². The van der Waals surface area contributed by atoms with Crippen LogP contribution in [0.3, 0.4) is 0 Å². The summed E-state index contributed by atoms with van der Waals surface area (Å²) in [5.74, 6) is -1.78. The Morgan fingerprint density at radius 1 is 1.23 bits per heavy atom. The lowest BCUT2D eigenvalue weighted by atomic mass is 10.0. The van der Waals surface area contributed by atoms with Crippen LogP contribution in [0.5, 0.6) is 0 Å². The number of amides is 1. The summed E-state index contributed by atoms with van der Waals surface area (Å²) in [4.78, 5) is 27.2. The molecule has 11 heteroatoms. The molecule has 31 heavy (non-hydrogen) atoms. The Morgan fingerprint density at radius 2 is 1.90 bits per heavy atom. The zero-order valence-corrected chi connectivity index (χ0v) is 18.8. The Morgan fingerprint density at radius 3 is 2.52 bits per heavy atom. The predicted molar refractivity (Wildman–Crippen MR) is 115 cm³/mol. The molecule has 1 aliphatic heterocycles. The van der Waals surface area contributed by atoms with Gasteiger partial charge in [-0.05, 0) is 39.8 Å². The first-order valence-corrected chi connectivity index (χ1v) is 10.2. The smallest absolute Gasteiger partial charge is 0.416 e. The number of benzene rings is 1. The molecule has 1 aromatic carbocycles. The van der Waals surface area contributed by atoms with Gasteiger partial charge in [0.2, 0.25) is 0 Å². The van der Waals surface area contributed by atoms with Gasteiger partial charge in [-0.3, -0.25) is 4.90 Å². The van der Waals surface area contributed by atoms with E-state index in [0.717, 1.165) is 0 Å². The second-order valence-electron chi connectivity index (χ2n) is 8.00. The molecule has 0 bridgehead atoms. The standard InChI is InChI=1S/C20H21Cl2FN4O4/c1-10(15-11(21)5-6-12(23)16(15)22)26-7-8-27(19(30)31-20(2,3)4)17-14(26)9-13(18(28)29)24-25-17/h5-6,9-10H,7-8H2,1-4H3,(H,28,29). The van der Waals surface area contributed by atoms with Gasteiger partial charge in [-0.15, -0.1) is 10.2 Å². The number of rotatable bonds is 3. The van der Waals surface area contributed by atoms with Gasteiger partial charge >= 0.3 is 12.1 Å². The van der Waals surface area contributed by atoms with E-state index >= 15 is 0 Å². The number of anilines is 2. The number of carboxylic acids is 1. The molecule has 166 valence electrons. The molecular formula is C20H21Cl2FN4O4. The molecule has 1 aromatic heterocycles. The van der Waals surface area contributed by atoms with Crippen molar-refractivity contribution in [1.82, 2.24) is 10.2 Å². The van der Waals surface area contributed by atoms with E-state index in [1.165, 1.54) is 23.1 Å². The minimum absolute atomic E-state index is 0.126. The van der Waals surface area contributed by atoms with Gasteiger partial charge in [0.1, 0.15) is 11.4 Å². The third-order valence-electron chi connectivity index (χ3n) is 4.68. The Balaban J connectivity index is 2.09. The van der Waals surface area contributed by atoms with Gasteiger partial charge in [-0.1, -0.05) is 23.2 Å². The topological polar surface area (TPSA) is 95.9 Å². The summed E-state index contributed by atoms with van der Waals surface area (Å²) in [5.41, 5.74) is -0.390. The van der Waals surface area contributed by atoms with Crippen molar-refractivity contribution < 1.29 is 23.8 Å². The molecule has 0 aliphatic carbocycles. The molecule has 2 heterocycles. The quantitative estimate of drug-likeness (QED) is 0.634. The van der Waals surface area contributed by atoms with E-state index < -0.39 is 29.5 Å². The fourth-order valence-electron chi connectivity index (χ4n) is 3.30. The van der Waals surface area contributed by atoms with Crippen molar-refractivity contribution in [3.8, 4) is 0 Å². The molecule has 1 unspecified atom stereocenters. The van der Waals surface area contributed by atoms with E-state index in [9.17, 15) is 19.1 Å². The van der Waals surface area contributed by atoms with Gasteiger partial charge in [0, 0.05) is 29.7 Å². The van der Waals surface area contributed by atoms with Crippen molar-refractivity contribution in [2.75, 3.05) is 22.9 Å². The summed E-state index contributed by atoms with van der Waals surface area (Å²) in [6, 6.07) is 3.32. The van der Waals surface area contributed by atoms with E-state index in [2.05, 4.69) is 10.2 Å². The number of halogens is 3. The summed E-state index contributed by atoms with van der Waals surface area (Å²) in [7, 11) is 0. The van der Waals surface area contributed by atoms with Crippen LogP contribution in [0.4, 0.5) is 20.7 Å². The normalized spacial score (nSPS) is 14.8. The van der Waals surface area contributed by atoms with Gasteiger partial charge in [0.15, 0.2) is 11.5 Å². The van der Waals surface area contributed by atoms with Crippen LogP contribution >= 0.6 is 23.2 Å². The Labute approximate surface area is 188 Å². The van der Waals surface area contributed by atoms with Crippen LogP contribution in [-0.4, -0.2) is 46.1 Å². The summed E-state index contributed by atoms with van der Waals surface area (Å²) in [6.45, 7) is 7.39. The zero-order valence-electron chi connectivity index (χ0n) is 17.3. The molecule has 3 rings (SSSR count). The Hall–Kier alpha value is -2.65. The van der Waals surface area contributed by atoms with Gasteiger partial charge < -0.3 is 14.7 Å². The average Bonchev–Trinajstić information content (AvgIpc) is 2.68. The van der Waals surface area contributed by atoms with E-state index in [1.54, 1.807) is 32.6 Å². The minimum Gasteiger partial charge on any atom is -0.476 e. The van der Waals surface area contributed by atoms with E-state index in [4.69, 9.17) is 27.9 Å². The molecule has 8 nitrogen and oxygen atoms in total. The van der Waals surface area contributed by atoms with Crippen molar-refractivity contribution in [2.45, 2.75) is 39.3 Å². The van der Waals surface area contributed by atoms with Crippen LogP contribution in [-0.2, 0) is 4.74 Å². The van der Waals surface area contributed by atoms with Crippen LogP contribution in [0.15, 0.2) is 18.2 Å². The van der Waals surface area contributed by atoms with Crippen molar-refractivity contribution in [3.05, 3.63) is 45.3 Å². The lowest BCUT2D eigenvalue weighted by Crippen LogP contribution is -2.47. The highest BCUT2D eigenvalue weighted by atomic mass is 35.5. The van der Waals surface area contributed by atoms with Crippen molar-refractivity contribution in [3.63, 3.8) is 0 Å². The highest BCUT2D eigenvalue weighted by Crippen LogP contribution is 2.41. The number of fused-ring (bicyclic) bond motifs is 1. The first-order chi connectivity index (χ1) is 14.4. The van der Waals surface area contributed by atoms with Gasteiger partial charge in [0.25, 0.3) is 0 Å². The Bertz CT molecular complexity index is 1040. The third-order valence-corrected chi connectivity index (χ3v) is 5.40. The molecular weight excluding hydrogens is 450 g/mol. The van der Waals surface area contributed by atoms with Crippen LogP contribution in [0, 0.1) is 5.82 Å². The minimum atomic E-state index is -1.28. The number of aromatic nitrogens is 2. The largest absolute Gasteiger partial charge is 0.476 e. The molecule has 0 saturated heterocycles. The number of carbonyl (C=O) groups excluding carboxylic acids is 1. The Kier molecular flexibility index (Phi) is 6.29. The fourth-order valence-corrected chi connectivity index (χ4v) is 3.98. The number of carbonyl (C=O) groups is 2. The predicted octanol–water partition coefficient (Wildman–Crippen LogP) is 4.94. The highest BCUT2D eigenvalue weighted by Gasteiger charge is 2.35. The average molecular weight is 471 g/mol. The number of aromatic carboxylic acids is 1. The van der Waals surface area contributed by atoms with Crippen LogP contribution in [0.1, 0.15) is 49.8 Å². The maximum Gasteiger partial charge on any atom is 0.416 e. The summed E-state index contributed by atoms with van der Waals surface area (Å²) in [6.07, 6.45) is -0.639. The van der Waals surface area contributed by atoms with E-state index in [-0.39, 0.29) is 34.6 Å². The molecule has 0 fully saturated rings. The molecule has 1 atom stereocenters. The molecule has 0 radical (unpaired) electrons. The molecule has 0 spiro atoms. The van der Waals surface area contributed by atoms with Crippen LogP contribution in [0.25, 0.3) is 0 Å². The number of nitrogens with zero attached hydrogens (tertiary/aromatic N) is 4. The van der Waals surface area contributed by atoms with Gasteiger partial charge in [-0.2, -0.15) is 0 Å². The summed E-state index contributed by atoms with van der Waals surface area (Å²) < 4.78 is 19.5. The summed E-state index contributed by atoms with van der Waals surface area (Å²) >= 11 is 12.5. The molecule has 1 N–H and O–H groups in total. The lowest BCUT2D eigenvalue weighted by Gasteiger charge is -2.40. The SMILES string of the molecule is CC(c1c(Cl)ccc(F)c1Cl)N1CCN(C(=O)OC(C)(C)C)c2nnc(C(=O)O)cc21. The van der Waals surface area contributed by atoms with Crippen molar-refractivity contribution in [2.24, 2.45) is 0 Å². The van der Waals surface area contributed by atoms with E-state index in [1.807, 2.05) is 0 Å². The second-order valence-corrected chi connectivity index (χ2v) is 8.79. The second kappa shape index (κ2) is 8.47. The van der Waals surface area contributed by atoms with Gasteiger partial charge in [0.05, 0.1) is 16.8 Å². The molecule has 0 saturated carbocycles. The number of hydrogen-bond donors (Lipinski definition) is 1. The fraction of sp³-hybridized carbons (Fsp3) is 0.400. The van der Waals surface area contributed by atoms with Crippen molar-refractivity contribution in [1.29, 1.82) is 0 Å². The van der Waals surface area contributed by atoms with Gasteiger partial charge in [-0.25, -0.2) is 14.0 Å². The first kappa shape index (κ1) is 23.0. The maximum absolute atomic E-state index is 14.1. The molecule has 2 aromatic rings. The number of ether oxygens (including phenoxy) is 1. The summed E-state index contributed by atoms with van der Waals surface area (Å²) in [5, 5.41) is 17.2.